The number of rotatable bonds is 17. The molecule has 0 aliphatic heterocycles. The quantitative estimate of drug-likeness (QED) is 0.225. The first-order valence-electron chi connectivity index (χ1n) is 10.2. The van der Waals surface area contributed by atoms with E-state index in [1.165, 1.54) is 83.5 Å². The fourth-order valence-electron chi connectivity index (χ4n) is 3.60. The van der Waals surface area contributed by atoms with E-state index in [1.54, 1.807) is 0 Å². The zero-order chi connectivity index (χ0) is 17.7. The predicted octanol–water partition coefficient (Wildman–Crippen LogP) is 2.70. The maximum atomic E-state index is 10.7. The van der Waals surface area contributed by atoms with Crippen LogP contribution in [0.3, 0.4) is 0 Å². The Labute approximate surface area is 203 Å². The summed E-state index contributed by atoms with van der Waals surface area (Å²) >= 11 is 4.30. The number of unbranched alkanes of at least 4 members (excludes halogenated alkanes) is 10. The van der Waals surface area contributed by atoms with Gasteiger partial charge in [-0.2, -0.15) is 0 Å². The molecule has 0 aromatic carbocycles. The molecule has 0 amide bonds. The van der Waals surface area contributed by atoms with Crippen molar-refractivity contribution in [1.29, 1.82) is 0 Å². The Kier molecular flexibility index (Phi) is 18.5. The molecule has 1 rings (SSSR count). The van der Waals surface area contributed by atoms with Crippen LogP contribution in [-0.4, -0.2) is 11.5 Å². The van der Waals surface area contributed by atoms with Crippen molar-refractivity contribution < 1.29 is 65.7 Å². The van der Waals surface area contributed by atoms with Gasteiger partial charge in [-0.3, -0.25) is 0 Å². The van der Waals surface area contributed by atoms with Crippen molar-refractivity contribution in [3.8, 4) is 0 Å². The van der Waals surface area contributed by atoms with Gasteiger partial charge in [0.05, 0.1) is 6.61 Å². The van der Waals surface area contributed by atoms with Gasteiger partial charge in [-0.25, -0.2) is 0 Å². The van der Waals surface area contributed by atoms with Gasteiger partial charge < -0.3 is 14.3 Å². The molecule has 1 N–H and O–H groups in total. The average molecular weight is 417 g/mol. The van der Waals surface area contributed by atoms with Crippen LogP contribution >= 0.6 is 6.72 Å². The van der Waals surface area contributed by atoms with Gasteiger partial charge in [0.1, 0.15) is 6.72 Å². The van der Waals surface area contributed by atoms with Crippen molar-refractivity contribution in [2.75, 3.05) is 6.61 Å². The summed E-state index contributed by atoms with van der Waals surface area (Å²) in [6.45, 7) is -1.07. The standard InChI is InChI=1S/C19H39O3PS.K/c1-2-3-4-11-14-18-17-19(18)15-12-9-7-5-6-8-10-13-16-22-23(20,21)24;/h18-19H,2-17H2,1H3,(H2,20,21,24);/q;+1/p-1. The van der Waals surface area contributed by atoms with Crippen molar-refractivity contribution in [2.45, 2.75) is 103 Å². The third-order valence-electron chi connectivity index (χ3n) is 5.22. The van der Waals surface area contributed by atoms with Crippen molar-refractivity contribution in [3.63, 3.8) is 0 Å². The molecular weight excluding hydrogens is 378 g/mol. The van der Waals surface area contributed by atoms with Gasteiger partial charge in [-0.1, -0.05) is 102 Å². The topological polar surface area (TPSA) is 52.5 Å². The maximum Gasteiger partial charge on any atom is 1.00 e. The van der Waals surface area contributed by atoms with E-state index in [-0.39, 0.29) is 51.4 Å². The van der Waals surface area contributed by atoms with Crippen LogP contribution in [0, 0.1) is 11.8 Å². The molecule has 0 bridgehead atoms. The summed E-state index contributed by atoms with van der Waals surface area (Å²) in [4.78, 5) is 19.6. The van der Waals surface area contributed by atoms with E-state index in [9.17, 15) is 4.89 Å². The molecule has 144 valence electrons. The predicted molar refractivity (Wildman–Crippen MR) is 104 cm³/mol. The molecule has 0 radical (unpaired) electrons. The minimum absolute atomic E-state index is 0. The molecule has 1 aliphatic rings. The van der Waals surface area contributed by atoms with Crippen LogP contribution in [0.1, 0.15) is 103 Å². The van der Waals surface area contributed by atoms with Crippen LogP contribution in [0.15, 0.2) is 0 Å². The van der Waals surface area contributed by atoms with Gasteiger partial charge in [0.25, 0.3) is 0 Å². The first-order valence-corrected chi connectivity index (χ1v) is 12.8. The van der Waals surface area contributed by atoms with E-state index in [4.69, 9.17) is 4.89 Å². The van der Waals surface area contributed by atoms with E-state index in [1.807, 2.05) is 0 Å². The van der Waals surface area contributed by atoms with E-state index in [0.717, 1.165) is 24.7 Å². The van der Waals surface area contributed by atoms with E-state index < -0.39 is 6.72 Å². The molecule has 6 heteroatoms. The molecule has 0 aromatic rings. The average Bonchev–Trinajstić information content (AvgIpc) is 3.26. The first-order chi connectivity index (χ1) is 11.5. The Morgan fingerprint density at radius 1 is 0.880 bits per heavy atom. The van der Waals surface area contributed by atoms with E-state index >= 15 is 0 Å². The summed E-state index contributed by atoms with van der Waals surface area (Å²) in [6.07, 6.45) is 20.0. The van der Waals surface area contributed by atoms with Crippen LogP contribution in [0.4, 0.5) is 0 Å². The van der Waals surface area contributed by atoms with Crippen LogP contribution < -0.4 is 56.3 Å². The van der Waals surface area contributed by atoms with Crippen molar-refractivity contribution in [2.24, 2.45) is 11.8 Å². The van der Waals surface area contributed by atoms with Crippen molar-refractivity contribution >= 4 is 18.5 Å². The monoisotopic (exact) mass is 416 g/mol. The summed E-state index contributed by atoms with van der Waals surface area (Å²) in [5.41, 5.74) is 0. The van der Waals surface area contributed by atoms with E-state index in [0.29, 0.717) is 6.61 Å². The second-order valence-electron chi connectivity index (χ2n) is 7.52. The van der Waals surface area contributed by atoms with Crippen LogP contribution in [0.25, 0.3) is 0 Å². The molecule has 3 atom stereocenters. The summed E-state index contributed by atoms with van der Waals surface area (Å²) in [5.74, 6) is 2.15. The van der Waals surface area contributed by atoms with Crippen LogP contribution in [0.2, 0.25) is 0 Å². The Balaban J connectivity index is 0.00000576. The number of hydrogen-bond acceptors (Lipinski definition) is 3. The minimum Gasteiger partial charge on any atom is -0.780 e. The summed E-state index contributed by atoms with van der Waals surface area (Å²) < 4.78 is 4.69. The van der Waals surface area contributed by atoms with Crippen molar-refractivity contribution in [3.05, 3.63) is 0 Å². The molecule has 1 saturated carbocycles. The van der Waals surface area contributed by atoms with Gasteiger partial charge in [0.15, 0.2) is 0 Å². The molecule has 25 heavy (non-hydrogen) atoms. The third kappa shape index (κ3) is 18.0. The van der Waals surface area contributed by atoms with Crippen molar-refractivity contribution in [1.82, 2.24) is 0 Å². The first kappa shape index (κ1) is 27.2. The summed E-state index contributed by atoms with van der Waals surface area (Å²) in [5, 5.41) is 0. The van der Waals surface area contributed by atoms with E-state index in [2.05, 4.69) is 23.3 Å². The molecule has 0 spiro atoms. The maximum absolute atomic E-state index is 10.7. The second kappa shape index (κ2) is 17.1. The van der Waals surface area contributed by atoms with Gasteiger partial charge in [0.2, 0.25) is 0 Å². The molecule has 0 aromatic heterocycles. The molecule has 3 nitrogen and oxygen atoms in total. The van der Waals surface area contributed by atoms with Crippen LogP contribution in [0.5, 0.6) is 0 Å². The largest absolute Gasteiger partial charge is 1.00 e. The van der Waals surface area contributed by atoms with Gasteiger partial charge in [-0.15, -0.1) is 0 Å². The Bertz CT molecular complexity index is 352. The van der Waals surface area contributed by atoms with Crippen LogP contribution in [-0.2, 0) is 16.3 Å². The Morgan fingerprint density at radius 2 is 1.32 bits per heavy atom. The second-order valence-corrected chi connectivity index (χ2v) is 10.1. The SMILES string of the molecule is CCCCCCC1CC1CCCCCCCCCCOP([O-])(O)=S.[K+]. The molecule has 1 fully saturated rings. The fourth-order valence-corrected chi connectivity index (χ4v) is 4.18. The zero-order valence-corrected chi connectivity index (χ0v) is 21.4. The van der Waals surface area contributed by atoms with Gasteiger partial charge >= 0.3 is 51.4 Å². The fraction of sp³-hybridized carbons (Fsp3) is 1.00. The van der Waals surface area contributed by atoms with Gasteiger partial charge in [-0.05, 0) is 24.7 Å². The Hall–Kier alpha value is 2.17. The number of hydrogen-bond donors (Lipinski definition) is 1. The molecular formula is C19H38KO3PS. The molecule has 1 aliphatic carbocycles. The third-order valence-corrected chi connectivity index (χ3v) is 6.05. The smallest absolute Gasteiger partial charge is 0.780 e. The summed E-state index contributed by atoms with van der Waals surface area (Å²) in [6, 6.07) is 0. The molecule has 0 heterocycles. The molecule has 0 saturated heterocycles. The molecule has 3 unspecified atom stereocenters. The van der Waals surface area contributed by atoms with Gasteiger partial charge in [0, 0.05) is 0 Å². The Morgan fingerprint density at radius 3 is 1.80 bits per heavy atom. The normalized spacial score (nSPS) is 21.6. The minimum atomic E-state index is -3.67. The summed E-state index contributed by atoms with van der Waals surface area (Å²) in [7, 11) is 0. The zero-order valence-electron chi connectivity index (χ0n) is 16.6.